The van der Waals surface area contributed by atoms with Crippen molar-refractivity contribution >= 4 is 17.2 Å². The molecule has 0 bridgehead atoms. The SMILES string of the molecule is CCCCN1C(c2ccccc2)=C2C(c3ccccc3)=CC(C(=O)OC)=C2OC1c1ccccc1. The fourth-order valence-corrected chi connectivity index (χ4v) is 4.77. The molecule has 1 heterocycles. The molecular formula is C31H29NO3. The van der Waals surface area contributed by atoms with Crippen LogP contribution in [-0.2, 0) is 14.3 Å². The smallest absolute Gasteiger partial charge is 0.341 e. The van der Waals surface area contributed by atoms with Gasteiger partial charge in [-0.3, -0.25) is 0 Å². The van der Waals surface area contributed by atoms with Crippen LogP contribution in [0.5, 0.6) is 0 Å². The maximum Gasteiger partial charge on any atom is 0.341 e. The number of esters is 1. The van der Waals surface area contributed by atoms with Crippen LogP contribution in [0.3, 0.4) is 0 Å². The first-order valence-electron chi connectivity index (χ1n) is 12.1. The predicted molar refractivity (Wildman–Crippen MR) is 139 cm³/mol. The highest BCUT2D eigenvalue weighted by molar-refractivity contribution is 6.06. The summed E-state index contributed by atoms with van der Waals surface area (Å²) in [6, 6.07) is 30.8. The van der Waals surface area contributed by atoms with Crippen molar-refractivity contribution in [3.8, 4) is 0 Å². The van der Waals surface area contributed by atoms with Crippen molar-refractivity contribution in [2.24, 2.45) is 0 Å². The number of carbonyl (C=O) groups excluding carboxylic acids is 1. The van der Waals surface area contributed by atoms with Gasteiger partial charge in [0.05, 0.1) is 12.8 Å². The second-order valence-electron chi connectivity index (χ2n) is 8.68. The van der Waals surface area contributed by atoms with Crippen LogP contribution in [0.1, 0.15) is 42.7 Å². The predicted octanol–water partition coefficient (Wildman–Crippen LogP) is 6.75. The average Bonchev–Trinajstić information content (AvgIpc) is 3.31. The molecule has 1 aliphatic carbocycles. The second kappa shape index (κ2) is 10.1. The van der Waals surface area contributed by atoms with Crippen LogP contribution in [0.4, 0.5) is 0 Å². The molecule has 0 radical (unpaired) electrons. The molecule has 0 fully saturated rings. The van der Waals surface area contributed by atoms with Crippen LogP contribution in [0.25, 0.3) is 11.3 Å². The molecule has 3 aromatic rings. The number of rotatable bonds is 7. The first-order valence-corrected chi connectivity index (χ1v) is 12.1. The van der Waals surface area contributed by atoms with E-state index in [1.165, 1.54) is 7.11 Å². The molecule has 5 rings (SSSR count). The lowest BCUT2D eigenvalue weighted by atomic mass is 9.92. The Morgan fingerprint density at radius 1 is 0.886 bits per heavy atom. The van der Waals surface area contributed by atoms with Crippen molar-refractivity contribution < 1.29 is 14.3 Å². The number of hydrogen-bond donors (Lipinski definition) is 0. The van der Waals surface area contributed by atoms with E-state index < -0.39 is 5.97 Å². The van der Waals surface area contributed by atoms with E-state index in [1.807, 2.05) is 48.5 Å². The van der Waals surface area contributed by atoms with Gasteiger partial charge in [0, 0.05) is 17.7 Å². The summed E-state index contributed by atoms with van der Waals surface area (Å²) >= 11 is 0. The minimum absolute atomic E-state index is 0.361. The average molecular weight is 464 g/mol. The zero-order chi connectivity index (χ0) is 24.2. The fraction of sp³-hybridized carbons (Fsp3) is 0.194. The minimum atomic E-state index is -0.398. The summed E-state index contributed by atoms with van der Waals surface area (Å²) in [7, 11) is 1.41. The van der Waals surface area contributed by atoms with E-state index >= 15 is 0 Å². The Balaban J connectivity index is 1.81. The highest BCUT2D eigenvalue weighted by Gasteiger charge is 2.41. The molecule has 1 aliphatic heterocycles. The van der Waals surface area contributed by atoms with Crippen molar-refractivity contribution in [1.29, 1.82) is 0 Å². The first-order chi connectivity index (χ1) is 17.2. The lowest BCUT2D eigenvalue weighted by molar-refractivity contribution is -0.136. The molecule has 3 aromatic carbocycles. The number of allylic oxidation sites excluding steroid dienone is 1. The molecule has 0 saturated heterocycles. The summed E-state index contributed by atoms with van der Waals surface area (Å²) in [5, 5.41) is 0. The number of unbranched alkanes of at least 4 members (excludes halogenated alkanes) is 1. The van der Waals surface area contributed by atoms with Crippen LogP contribution >= 0.6 is 0 Å². The van der Waals surface area contributed by atoms with E-state index in [0.29, 0.717) is 11.3 Å². The fourth-order valence-electron chi connectivity index (χ4n) is 4.77. The lowest BCUT2D eigenvalue weighted by Gasteiger charge is -2.42. The van der Waals surface area contributed by atoms with Crippen molar-refractivity contribution in [3.05, 3.63) is 131 Å². The number of fused-ring (bicyclic) bond motifs is 1. The van der Waals surface area contributed by atoms with Gasteiger partial charge in [-0.1, -0.05) is 104 Å². The Kier molecular flexibility index (Phi) is 6.53. The van der Waals surface area contributed by atoms with Gasteiger partial charge < -0.3 is 14.4 Å². The van der Waals surface area contributed by atoms with Gasteiger partial charge in [0.25, 0.3) is 0 Å². The monoisotopic (exact) mass is 463 g/mol. The molecular weight excluding hydrogens is 434 g/mol. The molecule has 0 aromatic heterocycles. The van der Waals surface area contributed by atoms with E-state index in [2.05, 4.69) is 60.4 Å². The number of benzene rings is 3. The highest BCUT2D eigenvalue weighted by Crippen LogP contribution is 2.51. The van der Waals surface area contributed by atoms with Crippen molar-refractivity contribution in [1.82, 2.24) is 4.90 Å². The number of methoxy groups -OCH3 is 1. The Morgan fingerprint density at radius 3 is 2.09 bits per heavy atom. The Bertz CT molecular complexity index is 1290. The quantitative estimate of drug-likeness (QED) is 0.363. The molecule has 1 atom stereocenters. The van der Waals surface area contributed by atoms with Gasteiger partial charge in [-0.05, 0) is 29.2 Å². The molecule has 0 amide bonds. The van der Waals surface area contributed by atoms with E-state index in [1.54, 1.807) is 0 Å². The van der Waals surface area contributed by atoms with Crippen LogP contribution in [0.15, 0.2) is 114 Å². The summed E-state index contributed by atoms with van der Waals surface area (Å²) in [5.74, 6) is 0.181. The molecule has 1 unspecified atom stereocenters. The normalized spacial score (nSPS) is 17.1. The molecule has 4 heteroatoms. The Labute approximate surface area is 206 Å². The number of ether oxygens (including phenoxy) is 2. The topological polar surface area (TPSA) is 38.8 Å². The van der Waals surface area contributed by atoms with Gasteiger partial charge in [0.15, 0.2) is 6.23 Å². The second-order valence-corrected chi connectivity index (χ2v) is 8.68. The van der Waals surface area contributed by atoms with Crippen molar-refractivity contribution in [3.63, 3.8) is 0 Å². The largest absolute Gasteiger partial charge is 0.465 e. The maximum absolute atomic E-state index is 12.9. The van der Waals surface area contributed by atoms with Gasteiger partial charge in [-0.15, -0.1) is 0 Å². The summed E-state index contributed by atoms with van der Waals surface area (Å²) in [4.78, 5) is 15.3. The molecule has 0 spiro atoms. The first kappa shape index (κ1) is 22.7. The minimum Gasteiger partial charge on any atom is -0.465 e. The third-order valence-electron chi connectivity index (χ3n) is 6.44. The van der Waals surface area contributed by atoms with E-state index in [4.69, 9.17) is 9.47 Å². The zero-order valence-corrected chi connectivity index (χ0v) is 20.1. The zero-order valence-electron chi connectivity index (χ0n) is 20.1. The van der Waals surface area contributed by atoms with Gasteiger partial charge in [-0.25, -0.2) is 4.79 Å². The molecule has 2 aliphatic rings. The summed E-state index contributed by atoms with van der Waals surface area (Å²) < 4.78 is 11.9. The number of nitrogens with zero attached hydrogens (tertiary/aromatic N) is 1. The molecule has 4 nitrogen and oxygen atoms in total. The summed E-state index contributed by atoms with van der Waals surface area (Å²) in [6.45, 7) is 3.02. The highest BCUT2D eigenvalue weighted by atomic mass is 16.5. The van der Waals surface area contributed by atoms with E-state index in [9.17, 15) is 4.79 Å². The van der Waals surface area contributed by atoms with Crippen LogP contribution in [-0.4, -0.2) is 24.5 Å². The van der Waals surface area contributed by atoms with Crippen LogP contribution in [0, 0.1) is 0 Å². The molecule has 35 heavy (non-hydrogen) atoms. The van der Waals surface area contributed by atoms with Crippen molar-refractivity contribution in [2.45, 2.75) is 26.0 Å². The van der Waals surface area contributed by atoms with Gasteiger partial charge in [0.2, 0.25) is 0 Å². The summed E-state index contributed by atoms with van der Waals surface area (Å²) in [5.41, 5.74) is 6.59. The van der Waals surface area contributed by atoms with E-state index in [-0.39, 0.29) is 6.23 Å². The molecule has 176 valence electrons. The standard InChI is InChI=1S/C31H29NO3/c1-3-4-20-32-28(23-16-10-6-11-17-23)27-25(22-14-8-5-9-15-22)21-26(31(33)34-2)29(27)35-30(32)24-18-12-7-13-19-24/h5-19,21,30H,3-4,20H2,1-2H3. The van der Waals surface area contributed by atoms with Gasteiger partial charge in [-0.2, -0.15) is 0 Å². The lowest BCUT2D eigenvalue weighted by Crippen LogP contribution is -2.35. The Hall–Kier alpha value is -4.05. The molecule has 0 saturated carbocycles. The molecule has 0 N–H and O–H groups in total. The third-order valence-corrected chi connectivity index (χ3v) is 6.44. The number of hydrogen-bond acceptors (Lipinski definition) is 4. The number of carbonyl (C=O) groups is 1. The van der Waals surface area contributed by atoms with Crippen LogP contribution in [0.2, 0.25) is 0 Å². The third kappa shape index (κ3) is 4.28. The van der Waals surface area contributed by atoms with Crippen LogP contribution < -0.4 is 0 Å². The van der Waals surface area contributed by atoms with Crippen molar-refractivity contribution in [2.75, 3.05) is 13.7 Å². The Morgan fingerprint density at radius 2 is 1.49 bits per heavy atom. The van der Waals surface area contributed by atoms with Gasteiger partial charge >= 0.3 is 5.97 Å². The summed E-state index contributed by atoms with van der Waals surface area (Å²) in [6.07, 6.45) is 3.64. The van der Waals surface area contributed by atoms with E-state index in [0.717, 1.165) is 52.9 Å². The van der Waals surface area contributed by atoms with Gasteiger partial charge in [0.1, 0.15) is 11.3 Å². The maximum atomic E-state index is 12.9.